The Morgan fingerprint density at radius 3 is 2.62 bits per heavy atom. The van der Waals surface area contributed by atoms with Crippen LogP contribution in [-0.2, 0) is 0 Å². The van der Waals surface area contributed by atoms with E-state index in [2.05, 4.69) is 20.3 Å². The van der Waals surface area contributed by atoms with E-state index in [9.17, 15) is 4.79 Å². The smallest absolute Gasteiger partial charge is 0.255 e. The normalized spacial score (nSPS) is 11.1. The van der Waals surface area contributed by atoms with Crippen LogP contribution in [0.1, 0.15) is 21.6 Å². The van der Waals surface area contributed by atoms with Crippen LogP contribution in [0.3, 0.4) is 0 Å². The van der Waals surface area contributed by atoms with Crippen LogP contribution in [0.2, 0.25) is 0 Å². The van der Waals surface area contributed by atoms with Crippen molar-refractivity contribution in [3.63, 3.8) is 0 Å². The fraction of sp³-hybridized carbons (Fsp3) is 0. The van der Waals surface area contributed by atoms with Crippen LogP contribution in [-0.4, -0.2) is 20.9 Å². The number of aromatic amines is 2. The summed E-state index contributed by atoms with van der Waals surface area (Å²) in [4.78, 5) is 22.8. The summed E-state index contributed by atoms with van der Waals surface area (Å²) in [6.45, 7) is 0. The third kappa shape index (κ3) is 4.29. The van der Waals surface area contributed by atoms with Crippen LogP contribution in [0.5, 0.6) is 11.5 Å². The number of hydrogen-bond donors (Lipinski definition) is 3. The SMILES string of the molecule is O=C(Nc1cccc(Oc2ccc3c(C=Cc4cnc[nH]4)c[nH]c3c2)c1)c1ccccc1. The summed E-state index contributed by atoms with van der Waals surface area (Å²) in [7, 11) is 0. The molecule has 0 saturated heterocycles. The van der Waals surface area contributed by atoms with E-state index < -0.39 is 0 Å². The summed E-state index contributed by atoms with van der Waals surface area (Å²) >= 11 is 0. The molecule has 2 aromatic heterocycles. The van der Waals surface area contributed by atoms with E-state index in [1.54, 1.807) is 30.7 Å². The van der Waals surface area contributed by atoms with Crippen molar-refractivity contribution in [3.8, 4) is 11.5 Å². The van der Waals surface area contributed by atoms with Gasteiger partial charge >= 0.3 is 0 Å². The molecule has 0 aliphatic heterocycles. The highest BCUT2D eigenvalue weighted by atomic mass is 16.5. The highest BCUT2D eigenvalue weighted by Crippen LogP contribution is 2.29. The zero-order chi connectivity index (χ0) is 21.8. The standard InChI is InChI=1S/C26H20N4O2/c31-26(18-5-2-1-3-6-18)30-20-7-4-8-22(13-20)32-23-11-12-24-19(15-28-25(24)14-23)9-10-21-16-27-17-29-21/h1-17,28H,(H,27,29)(H,30,31). The fourth-order valence-electron chi connectivity index (χ4n) is 3.43. The maximum absolute atomic E-state index is 12.4. The predicted octanol–water partition coefficient (Wildman–Crippen LogP) is 6.11. The molecule has 2 heterocycles. The van der Waals surface area contributed by atoms with Crippen LogP contribution in [0.25, 0.3) is 23.1 Å². The third-order valence-electron chi connectivity index (χ3n) is 5.01. The monoisotopic (exact) mass is 420 g/mol. The number of amides is 1. The number of fused-ring (bicyclic) bond motifs is 1. The Balaban J connectivity index is 1.31. The lowest BCUT2D eigenvalue weighted by Gasteiger charge is -2.09. The second-order valence-electron chi connectivity index (χ2n) is 7.24. The minimum atomic E-state index is -0.161. The van der Waals surface area contributed by atoms with Gasteiger partial charge in [-0.2, -0.15) is 0 Å². The van der Waals surface area contributed by atoms with Crippen molar-refractivity contribution in [3.05, 3.63) is 108 Å². The number of carbonyl (C=O) groups is 1. The summed E-state index contributed by atoms with van der Waals surface area (Å²) < 4.78 is 6.04. The topological polar surface area (TPSA) is 82.8 Å². The summed E-state index contributed by atoms with van der Waals surface area (Å²) in [6, 6.07) is 22.4. The molecule has 0 unspecified atom stereocenters. The minimum absolute atomic E-state index is 0.161. The number of nitrogens with zero attached hydrogens (tertiary/aromatic N) is 1. The molecule has 6 heteroatoms. The number of ether oxygens (including phenoxy) is 1. The number of carbonyl (C=O) groups excluding carboxylic acids is 1. The molecule has 0 radical (unpaired) electrons. The van der Waals surface area contributed by atoms with Gasteiger partial charge in [0.05, 0.1) is 18.2 Å². The van der Waals surface area contributed by atoms with Gasteiger partial charge in [-0.1, -0.05) is 30.3 Å². The summed E-state index contributed by atoms with van der Waals surface area (Å²) in [5.74, 6) is 1.18. The van der Waals surface area contributed by atoms with Gasteiger partial charge in [0.1, 0.15) is 11.5 Å². The molecule has 0 aliphatic carbocycles. The number of aromatic nitrogens is 3. The molecule has 5 rings (SSSR count). The first-order valence-electron chi connectivity index (χ1n) is 10.2. The number of H-pyrrole nitrogens is 2. The predicted molar refractivity (Wildman–Crippen MR) is 127 cm³/mol. The number of hydrogen-bond acceptors (Lipinski definition) is 3. The number of benzene rings is 3. The molecular weight excluding hydrogens is 400 g/mol. The Morgan fingerprint density at radius 1 is 0.906 bits per heavy atom. The summed E-state index contributed by atoms with van der Waals surface area (Å²) in [6.07, 6.45) is 9.40. The van der Waals surface area contributed by atoms with Gasteiger partial charge in [-0.25, -0.2) is 4.98 Å². The molecule has 6 nitrogen and oxygen atoms in total. The zero-order valence-corrected chi connectivity index (χ0v) is 17.1. The molecule has 156 valence electrons. The molecule has 32 heavy (non-hydrogen) atoms. The Labute approximate surface area is 184 Å². The lowest BCUT2D eigenvalue weighted by molar-refractivity contribution is 0.102. The molecule has 3 aromatic carbocycles. The van der Waals surface area contributed by atoms with Gasteiger partial charge in [0.25, 0.3) is 5.91 Å². The van der Waals surface area contributed by atoms with Crippen molar-refractivity contribution in [2.24, 2.45) is 0 Å². The van der Waals surface area contributed by atoms with Crippen LogP contribution in [0, 0.1) is 0 Å². The first-order valence-corrected chi connectivity index (χ1v) is 10.2. The second-order valence-corrected chi connectivity index (χ2v) is 7.24. The third-order valence-corrected chi connectivity index (χ3v) is 5.01. The number of nitrogens with one attached hydrogen (secondary N) is 3. The van der Waals surface area contributed by atoms with Gasteiger partial charge in [0.15, 0.2) is 0 Å². The lowest BCUT2D eigenvalue weighted by Crippen LogP contribution is -2.11. The van der Waals surface area contributed by atoms with Gasteiger partial charge in [-0.05, 0) is 48.0 Å². The van der Waals surface area contributed by atoms with E-state index in [1.807, 2.05) is 72.9 Å². The van der Waals surface area contributed by atoms with Crippen molar-refractivity contribution in [1.82, 2.24) is 15.0 Å². The fourth-order valence-corrected chi connectivity index (χ4v) is 3.43. The number of anilines is 1. The van der Waals surface area contributed by atoms with Crippen LogP contribution >= 0.6 is 0 Å². The largest absolute Gasteiger partial charge is 0.457 e. The minimum Gasteiger partial charge on any atom is -0.457 e. The van der Waals surface area contributed by atoms with Gasteiger partial charge in [-0.3, -0.25) is 4.79 Å². The number of imidazole rings is 1. The van der Waals surface area contributed by atoms with E-state index in [0.717, 1.165) is 22.2 Å². The highest BCUT2D eigenvalue weighted by molar-refractivity contribution is 6.04. The van der Waals surface area contributed by atoms with Crippen LogP contribution in [0.4, 0.5) is 5.69 Å². The second kappa shape index (κ2) is 8.65. The van der Waals surface area contributed by atoms with E-state index in [-0.39, 0.29) is 5.91 Å². The lowest BCUT2D eigenvalue weighted by atomic mass is 10.1. The van der Waals surface area contributed by atoms with Gasteiger partial charge in [-0.15, -0.1) is 0 Å². The van der Waals surface area contributed by atoms with Gasteiger partial charge in [0.2, 0.25) is 0 Å². The average Bonchev–Trinajstić information content (AvgIpc) is 3.48. The quantitative estimate of drug-likeness (QED) is 0.310. The molecule has 0 fully saturated rings. The molecule has 0 spiro atoms. The molecule has 0 bridgehead atoms. The maximum Gasteiger partial charge on any atom is 0.255 e. The zero-order valence-electron chi connectivity index (χ0n) is 17.1. The Morgan fingerprint density at radius 2 is 1.78 bits per heavy atom. The first kappa shape index (κ1) is 19.4. The first-order chi connectivity index (χ1) is 15.7. The Hall–Kier alpha value is -4.58. The summed E-state index contributed by atoms with van der Waals surface area (Å²) in [5.41, 5.74) is 4.27. The van der Waals surface area contributed by atoms with Crippen molar-refractivity contribution < 1.29 is 9.53 Å². The van der Waals surface area contributed by atoms with Crippen LogP contribution in [0.15, 0.2) is 91.5 Å². The van der Waals surface area contributed by atoms with E-state index in [0.29, 0.717) is 22.7 Å². The molecule has 1 amide bonds. The molecule has 3 N–H and O–H groups in total. The van der Waals surface area contributed by atoms with Crippen molar-refractivity contribution in [2.45, 2.75) is 0 Å². The van der Waals surface area contributed by atoms with Crippen molar-refractivity contribution >= 4 is 34.6 Å². The molecule has 5 aromatic rings. The highest BCUT2D eigenvalue weighted by Gasteiger charge is 2.07. The molecular formula is C26H20N4O2. The van der Waals surface area contributed by atoms with Crippen molar-refractivity contribution in [1.29, 1.82) is 0 Å². The average molecular weight is 420 g/mol. The molecule has 0 aliphatic rings. The van der Waals surface area contributed by atoms with E-state index in [4.69, 9.17) is 4.74 Å². The summed E-state index contributed by atoms with van der Waals surface area (Å²) in [5, 5.41) is 4.00. The molecule has 0 atom stereocenters. The van der Waals surface area contributed by atoms with E-state index >= 15 is 0 Å². The van der Waals surface area contributed by atoms with Crippen LogP contribution < -0.4 is 10.1 Å². The Kier molecular flexibility index (Phi) is 5.24. The molecule has 0 saturated carbocycles. The maximum atomic E-state index is 12.4. The van der Waals surface area contributed by atoms with Gasteiger partial charge < -0.3 is 20.0 Å². The van der Waals surface area contributed by atoms with Gasteiger partial charge in [0, 0.05) is 40.5 Å². The van der Waals surface area contributed by atoms with E-state index in [1.165, 1.54) is 0 Å². The van der Waals surface area contributed by atoms with Crippen molar-refractivity contribution in [2.75, 3.05) is 5.32 Å². The Bertz CT molecular complexity index is 1390. The number of rotatable bonds is 6.